The summed E-state index contributed by atoms with van der Waals surface area (Å²) < 4.78 is 6.57. The Kier molecular flexibility index (Phi) is 2.96. The molecule has 0 radical (unpaired) electrons. The van der Waals surface area contributed by atoms with Crippen LogP contribution in [0.15, 0.2) is 22.7 Å². The van der Waals surface area contributed by atoms with Gasteiger partial charge in [0.1, 0.15) is 17.1 Å². The molecular formula is C16H13BrN2O2. The molecule has 1 N–H and O–H groups in total. The highest BCUT2D eigenvalue weighted by molar-refractivity contribution is 9.12. The van der Waals surface area contributed by atoms with Crippen LogP contribution in [0, 0.1) is 13.5 Å². The van der Waals surface area contributed by atoms with Crippen LogP contribution in [0.25, 0.3) is 21.5 Å². The van der Waals surface area contributed by atoms with E-state index in [0.29, 0.717) is 27.1 Å². The summed E-state index contributed by atoms with van der Waals surface area (Å²) in [5.74, 6) is 1.11. The van der Waals surface area contributed by atoms with Crippen LogP contribution in [-0.2, 0) is 0 Å². The summed E-state index contributed by atoms with van der Waals surface area (Å²) in [4.78, 5) is 7.67. The van der Waals surface area contributed by atoms with Crippen molar-refractivity contribution in [3.63, 3.8) is 0 Å². The van der Waals surface area contributed by atoms with E-state index in [1.54, 1.807) is 12.1 Å². The first kappa shape index (κ1) is 13.9. The van der Waals surface area contributed by atoms with E-state index in [2.05, 4.69) is 25.8 Å². The molecule has 5 heteroatoms. The second-order valence-corrected chi connectivity index (χ2v) is 6.34. The lowest BCUT2D eigenvalue weighted by molar-refractivity contribution is 0.150. The fraction of sp³-hybridized carbons (Fsp3) is 0.250. The minimum Gasteiger partial charge on any atom is -0.506 e. The highest BCUT2D eigenvalue weighted by Gasteiger charge is 2.34. The first-order chi connectivity index (χ1) is 9.83. The Labute approximate surface area is 131 Å². The predicted octanol–water partition coefficient (Wildman–Crippen LogP) is 4.89. The Morgan fingerprint density at radius 3 is 2.71 bits per heavy atom. The number of nitrogens with zero attached hydrogens (tertiary/aromatic N) is 2. The van der Waals surface area contributed by atoms with Crippen LogP contribution in [-0.4, -0.2) is 15.7 Å². The monoisotopic (exact) mass is 344 g/mol. The number of hydrogen-bond acceptors (Lipinski definition) is 3. The third kappa shape index (κ3) is 2.07. The van der Waals surface area contributed by atoms with Gasteiger partial charge in [-0.05, 0) is 54.4 Å². The van der Waals surface area contributed by atoms with Gasteiger partial charge in [-0.25, -0.2) is 0 Å². The molecule has 1 aliphatic rings. The zero-order chi connectivity index (χ0) is 15.4. The number of benzene rings is 1. The maximum absolute atomic E-state index is 10.4. The molecule has 0 fully saturated rings. The largest absolute Gasteiger partial charge is 0.506 e. The van der Waals surface area contributed by atoms with Crippen LogP contribution < -0.4 is 4.74 Å². The van der Waals surface area contributed by atoms with E-state index in [1.165, 1.54) is 0 Å². The predicted molar refractivity (Wildman–Crippen MR) is 85.9 cm³/mol. The highest BCUT2D eigenvalue weighted by Crippen LogP contribution is 2.44. The maximum Gasteiger partial charge on any atom is 0.270 e. The quantitative estimate of drug-likeness (QED) is 0.692. The van der Waals surface area contributed by atoms with Crippen molar-refractivity contribution in [1.29, 1.82) is 0 Å². The summed E-state index contributed by atoms with van der Waals surface area (Å²) >= 11 is 3.39. The molecule has 0 unspecified atom stereocenters. The Balaban J connectivity index is 2.35. The van der Waals surface area contributed by atoms with Gasteiger partial charge in [0.2, 0.25) is 0 Å². The van der Waals surface area contributed by atoms with Gasteiger partial charge < -0.3 is 14.7 Å². The van der Waals surface area contributed by atoms with Crippen LogP contribution in [0.5, 0.6) is 5.75 Å². The van der Waals surface area contributed by atoms with Crippen molar-refractivity contribution in [2.24, 2.45) is 0 Å². The summed E-state index contributed by atoms with van der Waals surface area (Å²) in [6, 6.07) is 5.39. The zero-order valence-corrected chi connectivity index (χ0v) is 13.4. The summed E-state index contributed by atoms with van der Waals surface area (Å²) in [6.45, 7) is 12.8. The molecule has 0 aliphatic carbocycles. The van der Waals surface area contributed by atoms with Crippen LogP contribution in [0.1, 0.15) is 25.0 Å². The summed E-state index contributed by atoms with van der Waals surface area (Å²) in [5.41, 5.74) is 1.60. The highest BCUT2D eigenvalue weighted by atomic mass is 79.9. The van der Waals surface area contributed by atoms with Crippen molar-refractivity contribution < 1.29 is 9.84 Å². The number of pyridine rings is 1. The molecule has 106 valence electrons. The Hall–Kier alpha value is -2.06. The topological polar surface area (TPSA) is 46.7 Å². The molecule has 4 nitrogen and oxygen atoms in total. The number of hydrogen-bond donors (Lipinski definition) is 1. The summed E-state index contributed by atoms with van der Waals surface area (Å²) in [5, 5.41) is 11.3. The van der Waals surface area contributed by atoms with Gasteiger partial charge in [-0.15, -0.1) is 4.98 Å². The number of rotatable bonds is 0. The van der Waals surface area contributed by atoms with Crippen molar-refractivity contribution in [3.8, 4) is 5.75 Å². The van der Waals surface area contributed by atoms with Gasteiger partial charge in [-0.2, -0.15) is 0 Å². The van der Waals surface area contributed by atoms with E-state index >= 15 is 0 Å². The molecule has 1 aliphatic heterocycles. The number of aromatic nitrogens is 1. The van der Waals surface area contributed by atoms with E-state index in [9.17, 15) is 5.11 Å². The van der Waals surface area contributed by atoms with Crippen LogP contribution in [0.2, 0.25) is 0 Å². The molecular weight excluding hydrogens is 332 g/mol. The van der Waals surface area contributed by atoms with Crippen molar-refractivity contribution in [3.05, 3.63) is 45.2 Å². The van der Waals surface area contributed by atoms with Gasteiger partial charge in [0.15, 0.2) is 5.52 Å². The van der Waals surface area contributed by atoms with Crippen LogP contribution >= 0.6 is 15.9 Å². The Bertz CT molecular complexity index is 847. The lowest BCUT2D eigenvalue weighted by Gasteiger charge is -2.32. The molecule has 1 aromatic heterocycles. The number of aryl methyl sites for hydroxylation is 1. The SMILES string of the molecule is [C-]#[N+]c1cc(C)c2cc3c(cc2n1)C(O)=C(Br)C(C)(C)O3. The van der Waals surface area contributed by atoms with E-state index < -0.39 is 5.60 Å². The lowest BCUT2D eigenvalue weighted by Crippen LogP contribution is -2.32. The zero-order valence-electron chi connectivity index (χ0n) is 11.9. The smallest absolute Gasteiger partial charge is 0.270 e. The Morgan fingerprint density at radius 2 is 2.05 bits per heavy atom. The Morgan fingerprint density at radius 1 is 1.33 bits per heavy atom. The van der Waals surface area contributed by atoms with Gasteiger partial charge in [-0.1, -0.05) is 6.57 Å². The number of aliphatic hydroxyl groups is 1. The average molecular weight is 345 g/mol. The standard InChI is InChI=1S/C16H13BrN2O2/c1-8-5-13(18-4)19-11-6-10-12(7-9(8)11)21-16(2,3)15(17)14(10)20/h5-7,20H,1-3H3. The van der Waals surface area contributed by atoms with Crippen LogP contribution in [0.3, 0.4) is 0 Å². The third-order valence-electron chi connectivity index (χ3n) is 3.57. The van der Waals surface area contributed by atoms with Crippen molar-refractivity contribution in [1.82, 2.24) is 4.98 Å². The fourth-order valence-corrected chi connectivity index (χ4v) is 2.75. The first-order valence-electron chi connectivity index (χ1n) is 6.45. The van der Waals surface area contributed by atoms with Gasteiger partial charge in [0, 0.05) is 11.5 Å². The number of fused-ring (bicyclic) bond motifs is 2. The van der Waals surface area contributed by atoms with Crippen molar-refractivity contribution >= 4 is 38.4 Å². The van der Waals surface area contributed by atoms with Crippen molar-refractivity contribution in [2.45, 2.75) is 26.4 Å². The van der Waals surface area contributed by atoms with E-state index in [0.717, 1.165) is 10.9 Å². The lowest BCUT2D eigenvalue weighted by atomic mass is 9.98. The summed E-state index contributed by atoms with van der Waals surface area (Å²) in [6.07, 6.45) is 0. The molecule has 0 saturated carbocycles. The van der Waals surface area contributed by atoms with E-state index in [4.69, 9.17) is 11.3 Å². The number of aliphatic hydroxyl groups excluding tert-OH is 1. The molecule has 1 aromatic carbocycles. The van der Waals surface area contributed by atoms with Gasteiger partial charge >= 0.3 is 0 Å². The molecule has 2 heterocycles. The number of ether oxygens (including phenoxy) is 1. The van der Waals surface area contributed by atoms with Gasteiger partial charge in [0.25, 0.3) is 5.82 Å². The average Bonchev–Trinajstić information content (AvgIpc) is 2.44. The molecule has 2 aromatic rings. The number of halogens is 1. The minimum absolute atomic E-state index is 0.149. The molecule has 21 heavy (non-hydrogen) atoms. The van der Waals surface area contributed by atoms with Crippen LogP contribution in [0.4, 0.5) is 5.82 Å². The van der Waals surface area contributed by atoms with Gasteiger partial charge in [-0.3, -0.25) is 0 Å². The second-order valence-electron chi connectivity index (χ2n) is 5.55. The normalized spacial score (nSPS) is 16.3. The first-order valence-corrected chi connectivity index (χ1v) is 7.24. The fourth-order valence-electron chi connectivity index (χ4n) is 2.45. The van der Waals surface area contributed by atoms with Gasteiger partial charge in [0.05, 0.1) is 10.0 Å². The molecule has 0 amide bonds. The minimum atomic E-state index is -0.622. The van der Waals surface area contributed by atoms with Crippen molar-refractivity contribution in [2.75, 3.05) is 0 Å². The molecule has 3 rings (SSSR count). The molecule has 0 bridgehead atoms. The summed E-state index contributed by atoms with van der Waals surface area (Å²) in [7, 11) is 0. The molecule has 0 spiro atoms. The third-order valence-corrected chi connectivity index (χ3v) is 4.91. The molecule has 0 saturated heterocycles. The van der Waals surface area contributed by atoms with E-state index in [-0.39, 0.29) is 5.76 Å². The van der Waals surface area contributed by atoms with E-state index in [1.807, 2.05) is 26.8 Å². The second kappa shape index (κ2) is 4.47. The maximum atomic E-state index is 10.4. The molecule has 0 atom stereocenters.